The Kier molecular flexibility index (Phi) is 4.98. The minimum Gasteiger partial charge on any atom is -0.468 e. The maximum Gasteiger partial charge on any atom is 0.326 e. The van der Waals surface area contributed by atoms with Gasteiger partial charge in [0.25, 0.3) is 0 Å². The Hall–Kier alpha value is -1.43. The highest BCUT2D eigenvalue weighted by Crippen LogP contribution is 2.26. The summed E-state index contributed by atoms with van der Waals surface area (Å²) in [7, 11) is 3.50. The van der Waals surface area contributed by atoms with Gasteiger partial charge >= 0.3 is 5.97 Å². The van der Waals surface area contributed by atoms with Crippen LogP contribution in [0.15, 0.2) is 30.3 Å². The van der Waals surface area contributed by atoms with Crippen LogP contribution in [0.2, 0.25) is 0 Å². The fourth-order valence-electron chi connectivity index (χ4n) is 2.86. The molecule has 1 heterocycles. The van der Waals surface area contributed by atoms with E-state index in [1.165, 1.54) is 12.7 Å². The highest BCUT2D eigenvalue weighted by molar-refractivity contribution is 5.80. The van der Waals surface area contributed by atoms with Crippen molar-refractivity contribution in [1.82, 2.24) is 9.80 Å². The molecule has 2 atom stereocenters. The molecule has 0 saturated carbocycles. The molecule has 0 bridgehead atoms. The van der Waals surface area contributed by atoms with Gasteiger partial charge in [0.05, 0.1) is 7.11 Å². The van der Waals surface area contributed by atoms with Crippen LogP contribution in [0.5, 0.6) is 0 Å². The van der Waals surface area contributed by atoms with E-state index in [0.717, 1.165) is 19.6 Å². The number of ether oxygens (including phenoxy) is 1. The fraction of sp³-hybridized carbons (Fsp3) is 0.562. The summed E-state index contributed by atoms with van der Waals surface area (Å²) in [6.07, 6.45) is 0. The van der Waals surface area contributed by atoms with E-state index in [9.17, 15) is 4.79 Å². The molecule has 0 aliphatic carbocycles. The van der Waals surface area contributed by atoms with Crippen molar-refractivity contribution < 1.29 is 9.53 Å². The first-order chi connectivity index (χ1) is 9.94. The van der Waals surface area contributed by atoms with Gasteiger partial charge in [0.2, 0.25) is 0 Å². The number of benzene rings is 1. The topological polar surface area (TPSA) is 58.8 Å². The lowest BCUT2D eigenvalue weighted by atomic mass is 9.97. The zero-order valence-electron chi connectivity index (χ0n) is 13.1. The lowest BCUT2D eigenvalue weighted by Gasteiger charge is -2.42. The first-order valence-electron chi connectivity index (χ1n) is 7.29. The minimum atomic E-state index is -0.988. The Balaban J connectivity index is 2.18. The molecule has 21 heavy (non-hydrogen) atoms. The largest absolute Gasteiger partial charge is 0.468 e. The first-order valence-corrected chi connectivity index (χ1v) is 7.29. The number of nitrogens with zero attached hydrogens (tertiary/aromatic N) is 2. The molecule has 5 heteroatoms. The molecule has 1 aliphatic rings. The van der Waals surface area contributed by atoms with E-state index in [-0.39, 0.29) is 12.0 Å². The van der Waals surface area contributed by atoms with Crippen molar-refractivity contribution >= 4 is 5.97 Å². The number of nitrogens with two attached hydrogens (primary N) is 1. The molecular weight excluding hydrogens is 266 g/mol. The van der Waals surface area contributed by atoms with Crippen molar-refractivity contribution in [2.75, 3.05) is 40.3 Å². The second-order valence-corrected chi connectivity index (χ2v) is 6.07. The van der Waals surface area contributed by atoms with E-state index >= 15 is 0 Å². The normalized spacial score (nSPS) is 23.5. The van der Waals surface area contributed by atoms with Gasteiger partial charge in [0.15, 0.2) is 0 Å². The molecule has 116 valence electrons. The molecule has 1 aromatic rings. The number of methoxy groups -OCH3 is 1. The lowest BCUT2D eigenvalue weighted by molar-refractivity contribution is -0.147. The summed E-state index contributed by atoms with van der Waals surface area (Å²) in [5.41, 5.74) is 6.41. The number of carbonyl (C=O) groups is 1. The molecule has 2 rings (SSSR count). The van der Waals surface area contributed by atoms with E-state index in [1.54, 1.807) is 6.92 Å². The smallest absolute Gasteiger partial charge is 0.326 e. The minimum absolute atomic E-state index is 0.248. The van der Waals surface area contributed by atoms with Crippen LogP contribution in [0, 0.1) is 0 Å². The van der Waals surface area contributed by atoms with Crippen molar-refractivity contribution in [3.8, 4) is 0 Å². The maximum atomic E-state index is 11.8. The van der Waals surface area contributed by atoms with Crippen LogP contribution in [0.25, 0.3) is 0 Å². The summed E-state index contributed by atoms with van der Waals surface area (Å²) in [6, 6.07) is 10.6. The number of piperazine rings is 1. The van der Waals surface area contributed by atoms with Crippen molar-refractivity contribution in [2.45, 2.75) is 18.5 Å². The summed E-state index contributed by atoms with van der Waals surface area (Å²) in [5.74, 6) is -0.367. The Bertz CT molecular complexity index is 476. The predicted molar refractivity (Wildman–Crippen MR) is 82.9 cm³/mol. The van der Waals surface area contributed by atoms with Crippen molar-refractivity contribution in [3.05, 3.63) is 35.9 Å². The van der Waals surface area contributed by atoms with Crippen LogP contribution in [0.1, 0.15) is 18.5 Å². The number of esters is 1. The molecule has 1 saturated heterocycles. The summed E-state index contributed by atoms with van der Waals surface area (Å²) in [6.45, 7) is 5.02. The summed E-state index contributed by atoms with van der Waals surface area (Å²) in [4.78, 5) is 16.4. The van der Waals surface area contributed by atoms with Gasteiger partial charge in [0.1, 0.15) is 5.54 Å². The highest BCUT2D eigenvalue weighted by atomic mass is 16.5. The van der Waals surface area contributed by atoms with Gasteiger partial charge in [-0.05, 0) is 19.5 Å². The molecule has 0 spiro atoms. The van der Waals surface area contributed by atoms with Gasteiger partial charge in [-0.2, -0.15) is 0 Å². The molecule has 1 aromatic carbocycles. The zero-order valence-corrected chi connectivity index (χ0v) is 13.1. The van der Waals surface area contributed by atoms with E-state index < -0.39 is 5.54 Å². The summed E-state index contributed by atoms with van der Waals surface area (Å²) >= 11 is 0. The van der Waals surface area contributed by atoms with Crippen LogP contribution in [0.4, 0.5) is 0 Å². The SMILES string of the molecule is COC(=O)C(C)(N)CN1CCN(C)CC1c1ccccc1. The Morgan fingerprint density at radius 1 is 1.38 bits per heavy atom. The number of hydrogen-bond acceptors (Lipinski definition) is 5. The number of hydrogen-bond donors (Lipinski definition) is 1. The number of carbonyl (C=O) groups excluding carboxylic acids is 1. The van der Waals surface area contributed by atoms with Crippen LogP contribution in [-0.4, -0.2) is 61.6 Å². The van der Waals surface area contributed by atoms with Gasteiger partial charge < -0.3 is 15.4 Å². The second kappa shape index (κ2) is 6.56. The molecule has 2 N–H and O–H groups in total. The van der Waals surface area contributed by atoms with E-state index in [0.29, 0.717) is 6.54 Å². The third-order valence-electron chi connectivity index (χ3n) is 4.06. The van der Waals surface area contributed by atoms with Gasteiger partial charge in [0, 0.05) is 32.2 Å². The van der Waals surface area contributed by atoms with Crippen LogP contribution in [0.3, 0.4) is 0 Å². The maximum absolute atomic E-state index is 11.8. The summed E-state index contributed by atoms with van der Waals surface area (Å²) in [5, 5.41) is 0. The Morgan fingerprint density at radius 2 is 2.05 bits per heavy atom. The molecule has 0 amide bonds. The third kappa shape index (κ3) is 3.81. The van der Waals surface area contributed by atoms with Crippen molar-refractivity contribution in [3.63, 3.8) is 0 Å². The van der Waals surface area contributed by atoms with Gasteiger partial charge in [-0.15, -0.1) is 0 Å². The molecule has 2 unspecified atom stereocenters. The fourth-order valence-corrected chi connectivity index (χ4v) is 2.86. The molecule has 1 fully saturated rings. The van der Waals surface area contributed by atoms with Crippen LogP contribution < -0.4 is 5.73 Å². The zero-order chi connectivity index (χ0) is 15.5. The standard InChI is InChI=1S/C16H25N3O2/c1-16(17,15(20)21-3)12-19-10-9-18(2)11-14(19)13-7-5-4-6-8-13/h4-8,14H,9-12,17H2,1-3H3. The van der Waals surface area contributed by atoms with Crippen LogP contribution in [-0.2, 0) is 9.53 Å². The molecule has 5 nitrogen and oxygen atoms in total. The van der Waals surface area contributed by atoms with Gasteiger partial charge in [-0.1, -0.05) is 30.3 Å². The lowest BCUT2D eigenvalue weighted by Crippen LogP contribution is -2.58. The number of likely N-dealkylation sites (N-methyl/N-ethyl adjacent to an activating group) is 1. The Labute approximate surface area is 126 Å². The van der Waals surface area contributed by atoms with Crippen molar-refractivity contribution in [2.24, 2.45) is 5.73 Å². The second-order valence-electron chi connectivity index (χ2n) is 6.07. The van der Waals surface area contributed by atoms with Gasteiger partial charge in [-0.25, -0.2) is 0 Å². The highest BCUT2D eigenvalue weighted by Gasteiger charge is 2.36. The molecule has 1 aliphatic heterocycles. The van der Waals surface area contributed by atoms with Crippen LogP contribution >= 0.6 is 0 Å². The molecular formula is C16H25N3O2. The van der Waals surface area contributed by atoms with Crippen molar-refractivity contribution in [1.29, 1.82) is 0 Å². The average Bonchev–Trinajstić information content (AvgIpc) is 2.49. The molecule has 0 aromatic heterocycles. The summed E-state index contributed by atoms with van der Waals surface area (Å²) < 4.78 is 4.82. The van der Waals surface area contributed by atoms with E-state index in [2.05, 4.69) is 29.0 Å². The quantitative estimate of drug-likeness (QED) is 0.834. The predicted octanol–water partition coefficient (Wildman–Crippen LogP) is 0.866. The monoisotopic (exact) mass is 291 g/mol. The Morgan fingerprint density at radius 3 is 2.67 bits per heavy atom. The average molecular weight is 291 g/mol. The first kappa shape index (κ1) is 15.9. The van der Waals surface area contributed by atoms with E-state index in [4.69, 9.17) is 10.5 Å². The van der Waals surface area contributed by atoms with Gasteiger partial charge in [-0.3, -0.25) is 9.69 Å². The third-order valence-corrected chi connectivity index (χ3v) is 4.06. The molecule has 0 radical (unpaired) electrons. The van der Waals surface area contributed by atoms with E-state index in [1.807, 2.05) is 18.2 Å². The number of rotatable bonds is 4.